The molecule has 27 heavy (non-hydrogen) atoms. The minimum absolute atomic E-state index is 0.00299. The van der Waals surface area contributed by atoms with E-state index in [-0.39, 0.29) is 18.4 Å². The summed E-state index contributed by atoms with van der Waals surface area (Å²) in [6.45, 7) is 1.04. The van der Waals surface area contributed by atoms with Gasteiger partial charge in [0.2, 0.25) is 5.91 Å². The van der Waals surface area contributed by atoms with Crippen LogP contribution in [0.25, 0.3) is 6.08 Å². The number of benzene rings is 2. The lowest BCUT2D eigenvalue weighted by atomic mass is 9.95. The molecule has 2 aromatic rings. The van der Waals surface area contributed by atoms with Gasteiger partial charge in [-0.15, -0.1) is 0 Å². The molecule has 0 aromatic heterocycles. The summed E-state index contributed by atoms with van der Waals surface area (Å²) in [5.74, 6) is 1.27. The van der Waals surface area contributed by atoms with Crippen molar-refractivity contribution < 1.29 is 19.4 Å². The molecule has 0 radical (unpaired) electrons. The molecule has 3 rings (SSSR count). The fraction of sp³-hybridized carbons (Fsp3) is 0.318. The van der Waals surface area contributed by atoms with E-state index >= 15 is 0 Å². The summed E-state index contributed by atoms with van der Waals surface area (Å²) in [6, 6.07) is 15.6. The summed E-state index contributed by atoms with van der Waals surface area (Å²) in [6.07, 6.45) is 4.56. The zero-order valence-corrected chi connectivity index (χ0v) is 15.5. The van der Waals surface area contributed by atoms with Crippen LogP contribution in [0.5, 0.6) is 11.5 Å². The van der Waals surface area contributed by atoms with Crippen molar-refractivity contribution in [2.75, 3.05) is 33.4 Å². The fourth-order valence-electron chi connectivity index (χ4n) is 3.19. The maximum atomic E-state index is 12.9. The standard InChI is InChI=1S/C22H25NO4/c1-26-20-10-9-18-14-19(16-27-21(18)15-20)22(25)23(12-13-24)11-5-8-17-6-3-2-4-7-17/h2-10,15,19,24H,11-14,16H2,1H3/b8-5+/t19-/m1/s1. The number of carbonyl (C=O) groups is 1. The van der Waals surface area contributed by atoms with E-state index in [2.05, 4.69) is 0 Å². The Morgan fingerprint density at radius 3 is 2.85 bits per heavy atom. The molecule has 0 aliphatic carbocycles. The highest BCUT2D eigenvalue weighted by molar-refractivity contribution is 5.80. The molecule has 0 unspecified atom stereocenters. The number of hydrogen-bond donors (Lipinski definition) is 1. The van der Waals surface area contributed by atoms with Gasteiger partial charge in [-0.1, -0.05) is 48.6 Å². The first-order valence-corrected chi connectivity index (χ1v) is 9.12. The van der Waals surface area contributed by atoms with Crippen molar-refractivity contribution >= 4 is 12.0 Å². The number of ether oxygens (including phenoxy) is 2. The highest BCUT2D eigenvalue weighted by Crippen LogP contribution is 2.31. The van der Waals surface area contributed by atoms with Crippen molar-refractivity contribution in [2.24, 2.45) is 5.92 Å². The summed E-state index contributed by atoms with van der Waals surface area (Å²) in [7, 11) is 1.62. The number of aliphatic hydroxyl groups is 1. The van der Waals surface area contributed by atoms with E-state index in [4.69, 9.17) is 9.47 Å². The molecule has 1 amide bonds. The zero-order chi connectivity index (χ0) is 19.1. The van der Waals surface area contributed by atoms with E-state index in [1.165, 1.54) is 0 Å². The summed E-state index contributed by atoms with van der Waals surface area (Å²) >= 11 is 0. The smallest absolute Gasteiger partial charge is 0.229 e. The number of amides is 1. The molecule has 2 aromatic carbocycles. The largest absolute Gasteiger partial charge is 0.497 e. The monoisotopic (exact) mass is 367 g/mol. The van der Waals surface area contributed by atoms with Crippen molar-refractivity contribution in [3.63, 3.8) is 0 Å². The minimum Gasteiger partial charge on any atom is -0.497 e. The molecule has 0 fully saturated rings. The van der Waals surface area contributed by atoms with Crippen LogP contribution in [0.15, 0.2) is 54.6 Å². The normalized spacial score (nSPS) is 15.9. The van der Waals surface area contributed by atoms with Gasteiger partial charge in [0.25, 0.3) is 0 Å². The highest BCUT2D eigenvalue weighted by atomic mass is 16.5. The van der Waals surface area contributed by atoms with Gasteiger partial charge in [0.15, 0.2) is 0 Å². The molecule has 0 saturated heterocycles. The lowest BCUT2D eigenvalue weighted by molar-refractivity contribution is -0.136. The lowest BCUT2D eigenvalue weighted by Gasteiger charge is -2.29. The molecule has 5 nitrogen and oxygen atoms in total. The van der Waals surface area contributed by atoms with Crippen LogP contribution < -0.4 is 9.47 Å². The van der Waals surface area contributed by atoms with Crippen molar-refractivity contribution in [1.82, 2.24) is 4.90 Å². The van der Waals surface area contributed by atoms with Gasteiger partial charge in [-0.25, -0.2) is 0 Å². The van der Waals surface area contributed by atoms with Crippen LogP contribution in [0.1, 0.15) is 11.1 Å². The Balaban J connectivity index is 1.65. The Morgan fingerprint density at radius 1 is 1.30 bits per heavy atom. The zero-order valence-electron chi connectivity index (χ0n) is 15.5. The van der Waals surface area contributed by atoms with Crippen molar-refractivity contribution in [3.8, 4) is 11.5 Å². The fourth-order valence-corrected chi connectivity index (χ4v) is 3.19. The third-order valence-electron chi connectivity index (χ3n) is 4.65. The highest BCUT2D eigenvalue weighted by Gasteiger charge is 2.29. The number of hydrogen-bond acceptors (Lipinski definition) is 4. The average molecular weight is 367 g/mol. The second kappa shape index (κ2) is 9.24. The van der Waals surface area contributed by atoms with Gasteiger partial charge in [-0.05, 0) is 23.6 Å². The number of methoxy groups -OCH3 is 1. The predicted octanol–water partition coefficient (Wildman–Crippen LogP) is 2.78. The van der Waals surface area contributed by atoms with E-state index < -0.39 is 0 Å². The molecular formula is C22H25NO4. The molecule has 1 aliphatic heterocycles. The Labute approximate surface area is 159 Å². The Kier molecular flexibility index (Phi) is 6.49. The Morgan fingerprint density at radius 2 is 2.11 bits per heavy atom. The molecule has 5 heteroatoms. The second-order valence-corrected chi connectivity index (χ2v) is 6.51. The molecular weight excluding hydrogens is 342 g/mol. The molecule has 1 aliphatic rings. The molecule has 142 valence electrons. The van der Waals surface area contributed by atoms with Gasteiger partial charge in [0, 0.05) is 19.2 Å². The number of rotatable bonds is 7. The van der Waals surface area contributed by atoms with Gasteiger partial charge in [-0.3, -0.25) is 4.79 Å². The number of carbonyl (C=O) groups excluding carboxylic acids is 1. The van der Waals surface area contributed by atoms with Crippen molar-refractivity contribution in [2.45, 2.75) is 6.42 Å². The third-order valence-corrected chi connectivity index (χ3v) is 4.65. The maximum Gasteiger partial charge on any atom is 0.229 e. The first-order chi connectivity index (χ1) is 13.2. The number of fused-ring (bicyclic) bond motifs is 1. The first-order valence-electron chi connectivity index (χ1n) is 9.12. The van der Waals surface area contributed by atoms with Gasteiger partial charge in [0.05, 0.1) is 19.6 Å². The van der Waals surface area contributed by atoms with E-state index in [0.29, 0.717) is 26.1 Å². The summed E-state index contributed by atoms with van der Waals surface area (Å²) in [4.78, 5) is 14.6. The minimum atomic E-state index is -0.248. The molecule has 1 atom stereocenters. The maximum absolute atomic E-state index is 12.9. The molecule has 1 heterocycles. The van der Waals surface area contributed by atoms with Crippen LogP contribution in [-0.4, -0.2) is 49.3 Å². The molecule has 0 saturated carbocycles. The SMILES string of the molecule is COc1ccc2c(c1)OC[C@H](C(=O)N(C/C=C/c1ccccc1)CCO)C2. The van der Waals surface area contributed by atoms with Crippen LogP contribution in [0.2, 0.25) is 0 Å². The van der Waals surface area contributed by atoms with Crippen molar-refractivity contribution in [1.29, 1.82) is 0 Å². The van der Waals surface area contributed by atoms with Crippen LogP contribution in [-0.2, 0) is 11.2 Å². The quantitative estimate of drug-likeness (QED) is 0.818. The molecule has 0 bridgehead atoms. The van der Waals surface area contributed by atoms with E-state index in [1.54, 1.807) is 12.0 Å². The summed E-state index contributed by atoms with van der Waals surface area (Å²) in [5, 5.41) is 9.35. The summed E-state index contributed by atoms with van der Waals surface area (Å²) in [5.41, 5.74) is 2.09. The second-order valence-electron chi connectivity index (χ2n) is 6.51. The number of aliphatic hydroxyl groups excluding tert-OH is 1. The lowest BCUT2D eigenvalue weighted by Crippen LogP contribution is -2.42. The third kappa shape index (κ3) is 4.89. The van der Waals surface area contributed by atoms with Crippen LogP contribution in [0, 0.1) is 5.92 Å². The average Bonchev–Trinajstić information content (AvgIpc) is 2.72. The van der Waals surface area contributed by atoms with Crippen LogP contribution in [0.3, 0.4) is 0 Å². The van der Waals surface area contributed by atoms with Gasteiger partial charge in [-0.2, -0.15) is 0 Å². The van der Waals surface area contributed by atoms with E-state index in [9.17, 15) is 9.90 Å². The first kappa shape index (κ1) is 19.0. The predicted molar refractivity (Wildman–Crippen MR) is 105 cm³/mol. The van der Waals surface area contributed by atoms with Gasteiger partial charge in [0.1, 0.15) is 18.1 Å². The van der Waals surface area contributed by atoms with Gasteiger partial charge >= 0.3 is 0 Å². The van der Waals surface area contributed by atoms with E-state index in [0.717, 1.165) is 22.6 Å². The van der Waals surface area contributed by atoms with Crippen LogP contribution >= 0.6 is 0 Å². The topological polar surface area (TPSA) is 59.0 Å². The Bertz CT molecular complexity index is 788. The number of nitrogens with zero attached hydrogens (tertiary/aromatic N) is 1. The molecule has 1 N–H and O–H groups in total. The molecule has 0 spiro atoms. The Hall–Kier alpha value is -2.79. The summed E-state index contributed by atoms with van der Waals surface area (Å²) < 4.78 is 11.0. The van der Waals surface area contributed by atoms with Crippen molar-refractivity contribution in [3.05, 3.63) is 65.7 Å². The van der Waals surface area contributed by atoms with Crippen LogP contribution in [0.4, 0.5) is 0 Å². The van der Waals surface area contributed by atoms with E-state index in [1.807, 2.05) is 60.7 Å². The van der Waals surface area contributed by atoms with Gasteiger partial charge < -0.3 is 19.5 Å².